The van der Waals surface area contributed by atoms with E-state index in [1.165, 1.54) is 37.2 Å². The molecule has 0 unspecified atom stereocenters. The number of pyridine rings is 1. The third-order valence-corrected chi connectivity index (χ3v) is 4.06. The molecule has 1 saturated heterocycles. The van der Waals surface area contributed by atoms with Gasteiger partial charge in [-0.05, 0) is 50.7 Å². The van der Waals surface area contributed by atoms with E-state index in [4.69, 9.17) is 4.98 Å². The Morgan fingerprint density at radius 1 is 1.21 bits per heavy atom. The van der Waals surface area contributed by atoms with Gasteiger partial charge in [0.05, 0.1) is 0 Å². The van der Waals surface area contributed by atoms with Crippen LogP contribution in [-0.2, 0) is 13.0 Å². The van der Waals surface area contributed by atoms with Gasteiger partial charge >= 0.3 is 0 Å². The van der Waals surface area contributed by atoms with Gasteiger partial charge in [-0.1, -0.05) is 6.07 Å². The predicted octanol–water partition coefficient (Wildman–Crippen LogP) is 1.74. The molecular weight excluding hydrogens is 236 g/mol. The maximum atomic E-state index is 4.73. The molecule has 3 rings (SSSR count). The van der Waals surface area contributed by atoms with Crippen LogP contribution < -0.4 is 5.32 Å². The fraction of sp³-hybridized carbons (Fsp3) is 0.600. The predicted molar refractivity (Wildman–Crippen MR) is 77.9 cm³/mol. The smallest absolute Gasteiger partial charge is 0.126 e. The number of likely N-dealkylation sites (tertiary alicyclic amines) is 1. The molecule has 1 fully saturated rings. The molecule has 19 heavy (non-hydrogen) atoms. The summed E-state index contributed by atoms with van der Waals surface area (Å²) in [5.41, 5.74) is 2.57. The molecule has 3 heterocycles. The summed E-state index contributed by atoms with van der Waals surface area (Å²) in [6.45, 7) is 6.59. The number of rotatable bonds is 4. The minimum absolute atomic E-state index is 0.927. The summed E-state index contributed by atoms with van der Waals surface area (Å²) in [6.07, 6.45) is 3.73. The van der Waals surface area contributed by atoms with Crippen LogP contribution in [0.15, 0.2) is 12.1 Å². The molecule has 2 aliphatic rings. The summed E-state index contributed by atoms with van der Waals surface area (Å²) in [5, 5.41) is 3.45. The second-order valence-electron chi connectivity index (χ2n) is 5.58. The molecule has 1 N–H and O–H groups in total. The van der Waals surface area contributed by atoms with Crippen molar-refractivity contribution in [3.05, 3.63) is 30.4 Å². The Balaban J connectivity index is 1.53. The lowest BCUT2D eigenvalue weighted by Crippen LogP contribution is -2.27. The Hall–Kier alpha value is -1.13. The molecule has 0 atom stereocenters. The Morgan fingerprint density at radius 3 is 2.89 bits per heavy atom. The first-order valence-corrected chi connectivity index (χ1v) is 7.32. The van der Waals surface area contributed by atoms with Crippen molar-refractivity contribution in [3.63, 3.8) is 0 Å². The second kappa shape index (κ2) is 5.88. The number of hydrogen-bond acceptors (Lipinski definition) is 4. The average molecular weight is 259 g/mol. The number of anilines is 1. The van der Waals surface area contributed by atoms with Crippen molar-refractivity contribution < 1.29 is 0 Å². The van der Waals surface area contributed by atoms with Crippen LogP contribution in [0.3, 0.4) is 0 Å². The maximum absolute atomic E-state index is 4.73. The van der Waals surface area contributed by atoms with Gasteiger partial charge < -0.3 is 15.1 Å². The van der Waals surface area contributed by atoms with Gasteiger partial charge in [-0.2, -0.15) is 0 Å². The van der Waals surface area contributed by atoms with E-state index in [1.807, 2.05) is 0 Å². The molecule has 1 aromatic heterocycles. The van der Waals surface area contributed by atoms with Gasteiger partial charge in [-0.15, -0.1) is 0 Å². The number of nitrogens with one attached hydrogen (secondary N) is 1. The first-order chi connectivity index (χ1) is 9.31. The molecule has 4 nitrogen and oxygen atoms in total. The molecule has 2 aliphatic heterocycles. The fourth-order valence-corrected chi connectivity index (χ4v) is 2.92. The van der Waals surface area contributed by atoms with Crippen molar-refractivity contribution >= 4 is 5.82 Å². The zero-order valence-electron chi connectivity index (χ0n) is 11.6. The molecule has 0 spiro atoms. The lowest BCUT2D eigenvalue weighted by atomic mass is 10.1. The van der Waals surface area contributed by atoms with Crippen molar-refractivity contribution in [2.24, 2.45) is 0 Å². The molecule has 0 saturated carbocycles. The van der Waals surface area contributed by atoms with Gasteiger partial charge in [0.15, 0.2) is 0 Å². The Kier molecular flexibility index (Phi) is 3.99. The minimum atomic E-state index is 0.927. The quantitative estimate of drug-likeness (QED) is 0.835. The Morgan fingerprint density at radius 2 is 2.05 bits per heavy atom. The molecule has 0 aromatic carbocycles. The number of hydrogen-bond donors (Lipinski definition) is 1. The van der Waals surface area contributed by atoms with Gasteiger partial charge in [0, 0.05) is 25.2 Å². The van der Waals surface area contributed by atoms with Crippen molar-refractivity contribution in [2.45, 2.75) is 25.8 Å². The second-order valence-corrected chi connectivity index (χ2v) is 5.58. The number of aromatic nitrogens is 1. The monoisotopic (exact) mass is 259 g/mol. The SMILES string of the molecule is [CH2-]N1CCc2nc(NCCN3CCCC3)ccc2C1. The Bertz CT molecular complexity index is 426. The van der Waals surface area contributed by atoms with E-state index >= 15 is 0 Å². The van der Waals surface area contributed by atoms with Gasteiger partial charge in [-0.3, -0.25) is 7.05 Å². The third kappa shape index (κ3) is 3.25. The lowest BCUT2D eigenvalue weighted by molar-refractivity contribution is 0.343. The highest BCUT2D eigenvalue weighted by Gasteiger charge is 2.13. The van der Waals surface area contributed by atoms with Crippen LogP contribution in [0, 0.1) is 7.05 Å². The normalized spacial score (nSPS) is 20.5. The van der Waals surface area contributed by atoms with E-state index in [1.54, 1.807) is 0 Å². The van der Waals surface area contributed by atoms with Gasteiger partial charge in [-0.25, -0.2) is 4.98 Å². The van der Waals surface area contributed by atoms with Crippen LogP contribution in [-0.4, -0.2) is 47.5 Å². The highest BCUT2D eigenvalue weighted by Crippen LogP contribution is 2.18. The Labute approximate surface area is 115 Å². The number of nitrogens with zero attached hydrogens (tertiary/aromatic N) is 3. The summed E-state index contributed by atoms with van der Waals surface area (Å²) < 4.78 is 0. The summed E-state index contributed by atoms with van der Waals surface area (Å²) in [6, 6.07) is 4.29. The molecule has 4 heteroatoms. The average Bonchev–Trinajstić information content (AvgIpc) is 2.92. The largest absolute Gasteiger partial charge is 0.455 e. The first kappa shape index (κ1) is 12.9. The van der Waals surface area contributed by atoms with Crippen molar-refractivity contribution in [2.75, 3.05) is 38.0 Å². The van der Waals surface area contributed by atoms with Crippen molar-refractivity contribution in [1.82, 2.24) is 14.8 Å². The van der Waals surface area contributed by atoms with Gasteiger partial charge in [0.25, 0.3) is 0 Å². The summed E-state index contributed by atoms with van der Waals surface area (Å²) in [7, 11) is 4.00. The van der Waals surface area contributed by atoms with E-state index in [0.717, 1.165) is 38.4 Å². The van der Waals surface area contributed by atoms with E-state index in [2.05, 4.69) is 34.3 Å². The van der Waals surface area contributed by atoms with Crippen LogP contribution in [0.25, 0.3) is 0 Å². The van der Waals surface area contributed by atoms with Crippen LogP contribution >= 0.6 is 0 Å². The van der Waals surface area contributed by atoms with Crippen LogP contribution in [0.4, 0.5) is 5.82 Å². The zero-order valence-corrected chi connectivity index (χ0v) is 11.6. The van der Waals surface area contributed by atoms with E-state index in [0.29, 0.717) is 0 Å². The summed E-state index contributed by atoms with van der Waals surface area (Å²) in [4.78, 5) is 9.35. The van der Waals surface area contributed by atoms with Crippen LogP contribution in [0.2, 0.25) is 0 Å². The standard InChI is InChI=1S/C15H23N4/c1-18-10-6-14-13(12-18)4-5-15(17-14)16-7-11-19-8-2-3-9-19/h4-5H,1-3,6-12H2,(H,16,17)/q-1. The summed E-state index contributed by atoms with van der Waals surface area (Å²) >= 11 is 0. The maximum Gasteiger partial charge on any atom is 0.126 e. The van der Waals surface area contributed by atoms with E-state index in [-0.39, 0.29) is 0 Å². The highest BCUT2D eigenvalue weighted by molar-refractivity contribution is 5.39. The highest BCUT2D eigenvalue weighted by atomic mass is 15.2. The lowest BCUT2D eigenvalue weighted by Gasteiger charge is -2.30. The molecule has 0 radical (unpaired) electrons. The molecule has 0 aliphatic carbocycles. The summed E-state index contributed by atoms with van der Waals surface area (Å²) in [5.74, 6) is 1.02. The molecule has 0 amide bonds. The fourth-order valence-electron chi connectivity index (χ4n) is 2.92. The first-order valence-electron chi connectivity index (χ1n) is 7.32. The topological polar surface area (TPSA) is 31.4 Å². The zero-order chi connectivity index (χ0) is 13.1. The number of fused-ring (bicyclic) bond motifs is 1. The molecule has 0 bridgehead atoms. The third-order valence-electron chi connectivity index (χ3n) is 4.06. The molecule has 1 aromatic rings. The van der Waals surface area contributed by atoms with Crippen LogP contribution in [0.5, 0.6) is 0 Å². The minimum Gasteiger partial charge on any atom is -0.455 e. The molecule has 104 valence electrons. The van der Waals surface area contributed by atoms with Crippen molar-refractivity contribution in [3.8, 4) is 0 Å². The molecular formula is C15H23N4-. The van der Waals surface area contributed by atoms with Crippen LogP contribution in [0.1, 0.15) is 24.1 Å². The van der Waals surface area contributed by atoms with E-state index in [9.17, 15) is 0 Å². The van der Waals surface area contributed by atoms with Gasteiger partial charge in [0.2, 0.25) is 0 Å². The van der Waals surface area contributed by atoms with E-state index < -0.39 is 0 Å². The van der Waals surface area contributed by atoms with Gasteiger partial charge in [0.1, 0.15) is 5.82 Å². The van der Waals surface area contributed by atoms with Crippen molar-refractivity contribution in [1.29, 1.82) is 0 Å².